The van der Waals surface area contributed by atoms with Crippen LogP contribution in [-0.4, -0.2) is 56.1 Å². The number of fused-ring (bicyclic) bond motifs is 1. The van der Waals surface area contributed by atoms with Gasteiger partial charge in [0.1, 0.15) is 22.9 Å². The lowest BCUT2D eigenvalue weighted by molar-refractivity contribution is 0.0598. The number of piperazine rings is 1. The van der Waals surface area contributed by atoms with E-state index >= 15 is 0 Å². The monoisotopic (exact) mass is 412 g/mol. The van der Waals surface area contributed by atoms with Crippen LogP contribution < -0.4 is 9.47 Å². The second kappa shape index (κ2) is 8.36. The summed E-state index contributed by atoms with van der Waals surface area (Å²) in [6.07, 6.45) is 0. The highest BCUT2D eigenvalue weighted by Crippen LogP contribution is 2.30. The van der Waals surface area contributed by atoms with Gasteiger partial charge in [-0.3, -0.25) is 9.69 Å². The van der Waals surface area contributed by atoms with E-state index in [1.807, 2.05) is 25.1 Å². The third-order valence-corrected chi connectivity index (χ3v) is 5.63. The first kappa shape index (κ1) is 20.2. The first-order valence-electron chi connectivity index (χ1n) is 9.91. The van der Waals surface area contributed by atoms with E-state index in [1.165, 1.54) is 12.1 Å². The fourth-order valence-electron chi connectivity index (χ4n) is 3.90. The Kier molecular flexibility index (Phi) is 5.63. The van der Waals surface area contributed by atoms with Crippen LogP contribution in [0.2, 0.25) is 0 Å². The van der Waals surface area contributed by atoms with E-state index in [1.54, 1.807) is 25.2 Å². The van der Waals surface area contributed by atoms with Gasteiger partial charge in [0.2, 0.25) is 0 Å². The molecule has 30 heavy (non-hydrogen) atoms. The van der Waals surface area contributed by atoms with Crippen molar-refractivity contribution in [3.05, 3.63) is 59.1 Å². The van der Waals surface area contributed by atoms with Crippen LogP contribution in [0.1, 0.15) is 21.7 Å². The van der Waals surface area contributed by atoms with Crippen molar-refractivity contribution in [1.29, 1.82) is 0 Å². The quantitative estimate of drug-likeness (QED) is 0.637. The summed E-state index contributed by atoms with van der Waals surface area (Å²) >= 11 is 0. The number of halogens is 1. The molecule has 0 radical (unpaired) electrons. The molecule has 1 amide bonds. The van der Waals surface area contributed by atoms with Crippen molar-refractivity contribution in [3.8, 4) is 11.5 Å². The molecule has 0 bridgehead atoms. The molecule has 0 spiro atoms. The van der Waals surface area contributed by atoms with E-state index in [-0.39, 0.29) is 11.7 Å². The molecule has 0 aliphatic carbocycles. The average Bonchev–Trinajstić information content (AvgIpc) is 3.10. The molecule has 2 heterocycles. The van der Waals surface area contributed by atoms with Gasteiger partial charge in [0.25, 0.3) is 5.91 Å². The molecule has 7 heteroatoms. The van der Waals surface area contributed by atoms with Gasteiger partial charge >= 0.3 is 0 Å². The minimum atomic E-state index is -0.281. The topological polar surface area (TPSA) is 55.2 Å². The summed E-state index contributed by atoms with van der Waals surface area (Å²) < 4.78 is 30.1. The van der Waals surface area contributed by atoms with E-state index in [9.17, 15) is 9.18 Å². The predicted molar refractivity (Wildman–Crippen MR) is 112 cm³/mol. The van der Waals surface area contributed by atoms with Crippen LogP contribution in [-0.2, 0) is 6.54 Å². The molecule has 1 aromatic heterocycles. The highest BCUT2D eigenvalue weighted by molar-refractivity contribution is 5.99. The van der Waals surface area contributed by atoms with E-state index in [0.29, 0.717) is 49.8 Å². The zero-order chi connectivity index (χ0) is 21.3. The van der Waals surface area contributed by atoms with Crippen LogP contribution in [0, 0.1) is 12.7 Å². The van der Waals surface area contributed by atoms with E-state index < -0.39 is 0 Å². The summed E-state index contributed by atoms with van der Waals surface area (Å²) in [6, 6.07) is 10.1. The fraction of sp³-hybridized carbons (Fsp3) is 0.348. The van der Waals surface area contributed by atoms with Gasteiger partial charge in [0.15, 0.2) is 5.76 Å². The smallest absolute Gasteiger partial charge is 0.289 e. The molecule has 6 nitrogen and oxygen atoms in total. The van der Waals surface area contributed by atoms with Crippen molar-refractivity contribution in [2.24, 2.45) is 0 Å². The van der Waals surface area contributed by atoms with Gasteiger partial charge in [0.05, 0.1) is 14.2 Å². The van der Waals surface area contributed by atoms with Gasteiger partial charge in [-0.1, -0.05) is 0 Å². The number of nitrogens with zero attached hydrogens (tertiary/aromatic N) is 2. The molecule has 1 saturated heterocycles. The van der Waals surface area contributed by atoms with Gasteiger partial charge in [0, 0.05) is 49.2 Å². The molecule has 3 aromatic rings. The third kappa shape index (κ3) is 3.85. The lowest BCUT2D eigenvalue weighted by Crippen LogP contribution is -2.48. The lowest BCUT2D eigenvalue weighted by atomic mass is 10.1. The lowest BCUT2D eigenvalue weighted by Gasteiger charge is -2.34. The van der Waals surface area contributed by atoms with Crippen LogP contribution in [0.4, 0.5) is 4.39 Å². The van der Waals surface area contributed by atoms with Gasteiger partial charge in [-0.25, -0.2) is 4.39 Å². The molecule has 1 aliphatic heterocycles. The summed E-state index contributed by atoms with van der Waals surface area (Å²) in [4.78, 5) is 17.1. The van der Waals surface area contributed by atoms with Crippen LogP contribution >= 0.6 is 0 Å². The fourth-order valence-corrected chi connectivity index (χ4v) is 3.90. The Labute approximate surface area is 174 Å². The second-order valence-electron chi connectivity index (χ2n) is 7.44. The Bertz CT molecular complexity index is 1070. The molecule has 1 aliphatic rings. The molecular formula is C23H25FN2O4. The molecule has 0 N–H and O–H groups in total. The maximum Gasteiger partial charge on any atom is 0.289 e. The van der Waals surface area contributed by atoms with Crippen LogP contribution in [0.15, 0.2) is 40.8 Å². The number of furan rings is 1. The van der Waals surface area contributed by atoms with Gasteiger partial charge in [-0.05, 0) is 43.3 Å². The van der Waals surface area contributed by atoms with Crippen LogP contribution in [0.3, 0.4) is 0 Å². The molecule has 4 rings (SSSR count). The molecular weight excluding hydrogens is 387 g/mol. The maximum absolute atomic E-state index is 13.6. The van der Waals surface area contributed by atoms with Crippen molar-refractivity contribution in [2.45, 2.75) is 13.5 Å². The van der Waals surface area contributed by atoms with E-state index in [4.69, 9.17) is 13.9 Å². The Morgan fingerprint density at radius 2 is 1.83 bits per heavy atom. The number of ether oxygens (including phenoxy) is 2. The highest BCUT2D eigenvalue weighted by atomic mass is 19.1. The van der Waals surface area contributed by atoms with E-state index in [2.05, 4.69) is 4.90 Å². The normalized spacial score (nSPS) is 14.9. The van der Waals surface area contributed by atoms with Gasteiger partial charge in [-0.2, -0.15) is 0 Å². The highest BCUT2D eigenvalue weighted by Gasteiger charge is 2.27. The summed E-state index contributed by atoms with van der Waals surface area (Å²) in [5.41, 5.74) is 2.30. The van der Waals surface area contributed by atoms with Crippen molar-refractivity contribution in [3.63, 3.8) is 0 Å². The number of benzene rings is 2. The number of carbonyl (C=O) groups excluding carboxylic acids is 1. The standard InChI is InChI=1S/C23H25FN2O4/c1-15-19-13-18(28-2)5-7-21(19)30-22(15)23(27)26-10-8-25(9-11-26)14-16-12-17(24)4-6-20(16)29-3/h4-7,12-13H,8-11,14H2,1-3H3. The molecule has 0 unspecified atom stereocenters. The second-order valence-corrected chi connectivity index (χ2v) is 7.44. The predicted octanol–water partition coefficient (Wildman–Crippen LogP) is 3.86. The number of hydrogen-bond acceptors (Lipinski definition) is 5. The largest absolute Gasteiger partial charge is 0.497 e. The van der Waals surface area contributed by atoms with Crippen molar-refractivity contribution < 1.29 is 23.1 Å². The van der Waals surface area contributed by atoms with Crippen LogP contribution in [0.25, 0.3) is 11.0 Å². The Hall–Kier alpha value is -3.06. The third-order valence-electron chi connectivity index (χ3n) is 5.63. The van der Waals surface area contributed by atoms with Crippen LogP contribution in [0.5, 0.6) is 11.5 Å². The molecule has 1 fully saturated rings. The minimum absolute atomic E-state index is 0.106. The Morgan fingerprint density at radius 1 is 1.07 bits per heavy atom. The summed E-state index contributed by atoms with van der Waals surface area (Å²) in [6.45, 7) is 5.01. The minimum Gasteiger partial charge on any atom is -0.497 e. The SMILES string of the molecule is COc1ccc2oc(C(=O)N3CCN(Cc4cc(F)ccc4OC)CC3)c(C)c2c1. The number of rotatable bonds is 5. The number of hydrogen-bond donors (Lipinski definition) is 0. The molecule has 0 saturated carbocycles. The Morgan fingerprint density at radius 3 is 2.53 bits per heavy atom. The zero-order valence-electron chi connectivity index (χ0n) is 17.4. The number of methoxy groups -OCH3 is 2. The zero-order valence-corrected chi connectivity index (χ0v) is 17.4. The first-order valence-corrected chi connectivity index (χ1v) is 9.91. The van der Waals surface area contributed by atoms with Gasteiger partial charge < -0.3 is 18.8 Å². The van der Waals surface area contributed by atoms with Crippen molar-refractivity contribution in [2.75, 3.05) is 40.4 Å². The molecule has 0 atom stereocenters. The summed E-state index contributed by atoms with van der Waals surface area (Å²) in [5, 5.41) is 0.884. The Balaban J connectivity index is 1.44. The van der Waals surface area contributed by atoms with E-state index in [0.717, 1.165) is 22.3 Å². The van der Waals surface area contributed by atoms with Gasteiger partial charge in [-0.15, -0.1) is 0 Å². The summed E-state index contributed by atoms with van der Waals surface area (Å²) in [7, 11) is 3.19. The number of amides is 1. The first-order chi connectivity index (χ1) is 14.5. The van der Waals surface area contributed by atoms with Crippen molar-refractivity contribution >= 4 is 16.9 Å². The van der Waals surface area contributed by atoms with Crippen molar-refractivity contribution in [1.82, 2.24) is 9.80 Å². The number of carbonyl (C=O) groups is 1. The maximum atomic E-state index is 13.6. The molecule has 158 valence electrons. The summed E-state index contributed by atoms with van der Waals surface area (Å²) in [5.74, 6) is 1.38. The molecule has 2 aromatic carbocycles. The number of aryl methyl sites for hydroxylation is 1. The average molecular weight is 412 g/mol.